The van der Waals surface area contributed by atoms with Crippen LogP contribution in [0.1, 0.15) is 6.92 Å². The highest BCUT2D eigenvalue weighted by molar-refractivity contribution is 8.00. The molecule has 0 aliphatic rings. The number of nitrogens with one attached hydrogen (secondary N) is 1. The van der Waals surface area contributed by atoms with Crippen molar-refractivity contribution in [3.63, 3.8) is 0 Å². The average Bonchev–Trinajstić information content (AvgIpc) is 3.16. The van der Waals surface area contributed by atoms with Crippen molar-refractivity contribution in [2.75, 3.05) is 5.32 Å². The van der Waals surface area contributed by atoms with Crippen LogP contribution >= 0.6 is 11.8 Å². The van der Waals surface area contributed by atoms with Crippen LogP contribution in [-0.2, 0) is 4.79 Å². The standard InChI is InChI=1S/C20H17N5OS/c1-14(27-20-22-23-24-25(20)18-9-3-2-4-10-18)19(26)21-17-12-11-15-7-5-6-8-16(15)13-17/h2-14H,1H3,(H,21,26)/t14-/m1/s1. The molecule has 0 bridgehead atoms. The van der Waals surface area contributed by atoms with Crippen LogP contribution in [0.3, 0.4) is 0 Å². The van der Waals surface area contributed by atoms with Gasteiger partial charge < -0.3 is 5.32 Å². The molecule has 0 spiro atoms. The van der Waals surface area contributed by atoms with E-state index in [0.29, 0.717) is 5.16 Å². The van der Waals surface area contributed by atoms with Crippen molar-refractivity contribution in [1.82, 2.24) is 20.2 Å². The van der Waals surface area contributed by atoms with Gasteiger partial charge in [0.25, 0.3) is 0 Å². The minimum Gasteiger partial charge on any atom is -0.325 e. The van der Waals surface area contributed by atoms with Crippen LogP contribution < -0.4 is 5.32 Å². The fourth-order valence-corrected chi connectivity index (χ4v) is 3.51. The lowest BCUT2D eigenvalue weighted by Gasteiger charge is -2.12. The number of fused-ring (bicyclic) bond motifs is 1. The molecule has 0 fully saturated rings. The summed E-state index contributed by atoms with van der Waals surface area (Å²) >= 11 is 1.32. The molecule has 1 atom stereocenters. The van der Waals surface area contributed by atoms with E-state index in [9.17, 15) is 4.79 Å². The summed E-state index contributed by atoms with van der Waals surface area (Å²) in [5, 5.41) is 17.2. The summed E-state index contributed by atoms with van der Waals surface area (Å²) < 4.78 is 1.63. The van der Waals surface area contributed by atoms with E-state index in [0.717, 1.165) is 22.1 Å². The van der Waals surface area contributed by atoms with E-state index in [4.69, 9.17) is 0 Å². The number of carbonyl (C=O) groups excluding carboxylic acids is 1. The lowest BCUT2D eigenvalue weighted by Crippen LogP contribution is -2.22. The van der Waals surface area contributed by atoms with Gasteiger partial charge in [0.2, 0.25) is 11.1 Å². The predicted octanol–water partition coefficient (Wildman–Crippen LogP) is 3.93. The van der Waals surface area contributed by atoms with Crippen LogP contribution in [0.4, 0.5) is 5.69 Å². The van der Waals surface area contributed by atoms with Gasteiger partial charge in [-0.1, -0.05) is 60.3 Å². The third-order valence-electron chi connectivity index (χ3n) is 4.11. The zero-order valence-corrected chi connectivity index (χ0v) is 15.4. The molecule has 134 valence electrons. The maximum atomic E-state index is 12.6. The molecular weight excluding hydrogens is 358 g/mol. The number of thioether (sulfide) groups is 1. The molecule has 4 rings (SSSR count). The number of para-hydroxylation sites is 1. The SMILES string of the molecule is C[C@@H](Sc1nnnn1-c1ccccc1)C(=O)Nc1ccc2ccccc2c1. The molecular formula is C20H17N5OS. The Morgan fingerprint density at radius 2 is 1.74 bits per heavy atom. The third kappa shape index (κ3) is 3.83. The lowest BCUT2D eigenvalue weighted by molar-refractivity contribution is -0.115. The summed E-state index contributed by atoms with van der Waals surface area (Å²) in [6.07, 6.45) is 0. The average molecular weight is 375 g/mol. The summed E-state index contributed by atoms with van der Waals surface area (Å²) in [5.74, 6) is -0.0992. The van der Waals surface area contributed by atoms with Gasteiger partial charge in [0.15, 0.2) is 0 Å². The molecule has 0 aliphatic heterocycles. The molecule has 1 aromatic heterocycles. The molecule has 0 saturated heterocycles. The quantitative estimate of drug-likeness (QED) is 0.535. The molecule has 1 amide bonds. The smallest absolute Gasteiger partial charge is 0.237 e. The molecule has 3 aromatic carbocycles. The normalized spacial score (nSPS) is 12.0. The highest BCUT2D eigenvalue weighted by atomic mass is 32.2. The highest BCUT2D eigenvalue weighted by Crippen LogP contribution is 2.25. The molecule has 0 radical (unpaired) electrons. The number of tetrazole rings is 1. The van der Waals surface area contributed by atoms with Gasteiger partial charge in [0.05, 0.1) is 10.9 Å². The number of hydrogen-bond acceptors (Lipinski definition) is 5. The molecule has 0 unspecified atom stereocenters. The first-order valence-electron chi connectivity index (χ1n) is 8.51. The molecule has 7 heteroatoms. The number of rotatable bonds is 5. The van der Waals surface area contributed by atoms with E-state index < -0.39 is 0 Å². The fraction of sp³-hybridized carbons (Fsp3) is 0.100. The Kier molecular flexibility index (Phi) is 4.84. The maximum Gasteiger partial charge on any atom is 0.237 e. The van der Waals surface area contributed by atoms with Crippen molar-refractivity contribution in [2.24, 2.45) is 0 Å². The van der Waals surface area contributed by atoms with Gasteiger partial charge in [-0.05, 0) is 52.4 Å². The van der Waals surface area contributed by atoms with Crippen LogP contribution in [0.5, 0.6) is 0 Å². The van der Waals surface area contributed by atoms with Crippen LogP contribution in [0, 0.1) is 0 Å². The van der Waals surface area contributed by atoms with Crippen LogP contribution in [-0.4, -0.2) is 31.4 Å². The fourth-order valence-electron chi connectivity index (χ4n) is 2.71. The summed E-state index contributed by atoms with van der Waals surface area (Å²) in [5.41, 5.74) is 1.63. The van der Waals surface area contributed by atoms with Gasteiger partial charge in [-0.2, -0.15) is 4.68 Å². The summed E-state index contributed by atoms with van der Waals surface area (Å²) in [6.45, 7) is 1.84. The van der Waals surface area contributed by atoms with E-state index in [1.165, 1.54) is 11.8 Å². The van der Waals surface area contributed by atoms with Gasteiger partial charge in [-0.3, -0.25) is 4.79 Å². The first kappa shape index (κ1) is 17.2. The van der Waals surface area contributed by atoms with Gasteiger partial charge in [0.1, 0.15) is 0 Å². The van der Waals surface area contributed by atoms with Gasteiger partial charge >= 0.3 is 0 Å². The van der Waals surface area contributed by atoms with Crippen LogP contribution in [0.15, 0.2) is 78.0 Å². The molecule has 1 N–H and O–H groups in total. The topological polar surface area (TPSA) is 72.7 Å². The number of amides is 1. The first-order chi connectivity index (χ1) is 13.2. The number of nitrogens with zero attached hydrogens (tertiary/aromatic N) is 4. The molecule has 6 nitrogen and oxygen atoms in total. The Labute approximate surface area is 160 Å². The van der Waals surface area contributed by atoms with E-state index in [-0.39, 0.29) is 11.2 Å². The number of hydrogen-bond donors (Lipinski definition) is 1. The monoisotopic (exact) mass is 375 g/mol. The molecule has 0 aliphatic carbocycles. The Hall–Kier alpha value is -3.19. The van der Waals surface area contributed by atoms with Crippen molar-refractivity contribution < 1.29 is 4.79 Å². The van der Waals surface area contributed by atoms with E-state index in [1.807, 2.05) is 79.7 Å². The molecule has 4 aromatic rings. The van der Waals surface area contributed by atoms with Crippen molar-refractivity contribution in [2.45, 2.75) is 17.3 Å². The Morgan fingerprint density at radius 3 is 2.56 bits per heavy atom. The molecule has 27 heavy (non-hydrogen) atoms. The van der Waals surface area contributed by atoms with Crippen LogP contribution in [0.2, 0.25) is 0 Å². The summed E-state index contributed by atoms with van der Waals surface area (Å²) in [4.78, 5) is 12.6. The second-order valence-electron chi connectivity index (χ2n) is 6.02. The largest absolute Gasteiger partial charge is 0.325 e. The van der Waals surface area contributed by atoms with Crippen molar-refractivity contribution in [3.8, 4) is 5.69 Å². The van der Waals surface area contributed by atoms with Crippen LogP contribution in [0.25, 0.3) is 16.5 Å². The Morgan fingerprint density at radius 1 is 1.00 bits per heavy atom. The minimum atomic E-state index is -0.357. The molecule has 0 saturated carbocycles. The first-order valence-corrected chi connectivity index (χ1v) is 9.39. The number of anilines is 1. The van der Waals surface area contributed by atoms with Gasteiger partial charge in [-0.15, -0.1) is 5.10 Å². The summed E-state index contributed by atoms with van der Waals surface area (Å²) in [7, 11) is 0. The predicted molar refractivity (Wildman–Crippen MR) is 107 cm³/mol. The summed E-state index contributed by atoms with van der Waals surface area (Å²) in [6, 6.07) is 23.5. The zero-order valence-electron chi connectivity index (χ0n) is 14.6. The third-order valence-corrected chi connectivity index (χ3v) is 5.14. The van der Waals surface area contributed by atoms with Gasteiger partial charge in [-0.25, -0.2) is 0 Å². The Bertz CT molecular complexity index is 1080. The lowest BCUT2D eigenvalue weighted by atomic mass is 10.1. The second-order valence-corrected chi connectivity index (χ2v) is 7.33. The number of benzene rings is 3. The van der Waals surface area contributed by atoms with E-state index in [2.05, 4.69) is 20.8 Å². The van der Waals surface area contributed by atoms with Gasteiger partial charge in [0, 0.05) is 5.69 Å². The maximum absolute atomic E-state index is 12.6. The molecule has 1 heterocycles. The van der Waals surface area contributed by atoms with Crippen molar-refractivity contribution in [1.29, 1.82) is 0 Å². The second kappa shape index (κ2) is 7.59. The number of aromatic nitrogens is 4. The van der Waals surface area contributed by atoms with Crippen molar-refractivity contribution >= 4 is 34.1 Å². The highest BCUT2D eigenvalue weighted by Gasteiger charge is 2.19. The minimum absolute atomic E-state index is 0.0992. The van der Waals surface area contributed by atoms with E-state index >= 15 is 0 Å². The zero-order chi connectivity index (χ0) is 18.6. The van der Waals surface area contributed by atoms with E-state index in [1.54, 1.807) is 4.68 Å². The number of carbonyl (C=O) groups is 1. The Balaban J connectivity index is 1.47. The van der Waals surface area contributed by atoms with Crippen molar-refractivity contribution in [3.05, 3.63) is 72.8 Å².